The SMILES string of the molecule is C[C@@H](CC(=O)c1ncnc(N)c1CN1CCCC1)c1cc(C2=Nc3ccc(C4(C)CC4)nc3C2)no1. The maximum atomic E-state index is 13.2. The van der Waals surface area contributed by atoms with Gasteiger partial charge in [0.1, 0.15) is 29.3 Å². The molecule has 1 saturated carbocycles. The highest BCUT2D eigenvalue weighted by atomic mass is 16.5. The molecule has 36 heavy (non-hydrogen) atoms. The molecule has 3 aromatic rings. The third-order valence-electron chi connectivity index (χ3n) is 7.78. The summed E-state index contributed by atoms with van der Waals surface area (Å²) < 4.78 is 5.65. The number of carbonyl (C=O) groups is 1. The first-order valence-electron chi connectivity index (χ1n) is 12.8. The van der Waals surface area contributed by atoms with E-state index < -0.39 is 0 Å². The molecule has 9 heteroatoms. The van der Waals surface area contributed by atoms with E-state index in [4.69, 9.17) is 20.2 Å². The van der Waals surface area contributed by atoms with Gasteiger partial charge in [0.2, 0.25) is 0 Å². The van der Waals surface area contributed by atoms with E-state index in [0.717, 1.165) is 54.3 Å². The van der Waals surface area contributed by atoms with Crippen molar-refractivity contribution in [1.82, 2.24) is 25.0 Å². The van der Waals surface area contributed by atoms with Crippen molar-refractivity contribution in [2.75, 3.05) is 18.8 Å². The molecule has 3 aliphatic rings. The largest absolute Gasteiger partial charge is 0.383 e. The summed E-state index contributed by atoms with van der Waals surface area (Å²) in [5.74, 6) is 0.790. The van der Waals surface area contributed by atoms with E-state index in [1.165, 1.54) is 19.2 Å². The Bertz CT molecular complexity index is 1350. The van der Waals surface area contributed by atoms with Gasteiger partial charge in [0.25, 0.3) is 0 Å². The summed E-state index contributed by atoms with van der Waals surface area (Å²) >= 11 is 0. The Hall–Kier alpha value is -3.46. The lowest BCUT2D eigenvalue weighted by Crippen LogP contribution is -2.23. The van der Waals surface area contributed by atoms with Crippen LogP contribution >= 0.6 is 0 Å². The van der Waals surface area contributed by atoms with Gasteiger partial charge in [-0.05, 0) is 50.9 Å². The van der Waals surface area contributed by atoms with Crippen LogP contribution in [0.25, 0.3) is 0 Å². The van der Waals surface area contributed by atoms with Gasteiger partial charge in [-0.15, -0.1) is 0 Å². The predicted octanol–water partition coefficient (Wildman–Crippen LogP) is 4.14. The number of likely N-dealkylation sites (tertiary alicyclic amines) is 1. The van der Waals surface area contributed by atoms with Crippen molar-refractivity contribution >= 4 is 23.0 Å². The van der Waals surface area contributed by atoms with Crippen LogP contribution in [0.5, 0.6) is 0 Å². The second kappa shape index (κ2) is 8.89. The summed E-state index contributed by atoms with van der Waals surface area (Å²) in [7, 11) is 0. The number of nitrogen functional groups attached to an aromatic ring is 1. The number of hydrogen-bond acceptors (Lipinski definition) is 9. The number of nitrogens with zero attached hydrogens (tertiary/aromatic N) is 6. The molecule has 186 valence electrons. The molecule has 2 fully saturated rings. The number of aliphatic imine (C=N–C) groups is 1. The zero-order valence-corrected chi connectivity index (χ0v) is 20.8. The average Bonchev–Trinajstić information content (AvgIpc) is 3.31. The number of anilines is 1. The highest BCUT2D eigenvalue weighted by Crippen LogP contribution is 2.47. The molecule has 0 bridgehead atoms. The van der Waals surface area contributed by atoms with Crippen molar-refractivity contribution in [3.63, 3.8) is 0 Å². The van der Waals surface area contributed by atoms with Crippen molar-refractivity contribution in [3.05, 3.63) is 58.6 Å². The maximum absolute atomic E-state index is 13.2. The number of carbonyl (C=O) groups excluding carboxylic acids is 1. The number of fused-ring (bicyclic) bond motifs is 1. The number of ketones is 1. The smallest absolute Gasteiger partial charge is 0.182 e. The van der Waals surface area contributed by atoms with Crippen LogP contribution in [-0.2, 0) is 18.4 Å². The lowest BCUT2D eigenvalue weighted by molar-refractivity contribution is 0.0964. The zero-order valence-electron chi connectivity index (χ0n) is 20.8. The highest BCUT2D eigenvalue weighted by molar-refractivity contribution is 6.04. The van der Waals surface area contributed by atoms with Gasteiger partial charge in [0.15, 0.2) is 5.78 Å². The van der Waals surface area contributed by atoms with Crippen LogP contribution < -0.4 is 5.73 Å². The lowest BCUT2D eigenvalue weighted by Gasteiger charge is -2.18. The topological polar surface area (TPSA) is 123 Å². The molecule has 1 saturated heterocycles. The molecule has 1 atom stereocenters. The number of aromatic nitrogens is 4. The Morgan fingerprint density at radius 2 is 2.03 bits per heavy atom. The number of Topliss-reactive ketones (excluding diaryl/α,β-unsaturated/α-hetero) is 1. The minimum Gasteiger partial charge on any atom is -0.383 e. The Labute approximate surface area is 210 Å². The van der Waals surface area contributed by atoms with E-state index in [1.807, 2.05) is 13.0 Å². The molecule has 0 amide bonds. The molecule has 0 radical (unpaired) electrons. The molecule has 6 rings (SSSR count). The quantitative estimate of drug-likeness (QED) is 0.472. The Morgan fingerprint density at radius 3 is 2.81 bits per heavy atom. The number of hydrogen-bond donors (Lipinski definition) is 1. The molecule has 0 unspecified atom stereocenters. The van der Waals surface area contributed by atoms with Crippen LogP contribution in [0.3, 0.4) is 0 Å². The number of pyridine rings is 1. The number of rotatable bonds is 8. The summed E-state index contributed by atoms with van der Waals surface area (Å²) in [5, 5.41) is 4.27. The molecule has 2 N–H and O–H groups in total. The van der Waals surface area contributed by atoms with Crippen LogP contribution in [0, 0.1) is 0 Å². The third kappa shape index (κ3) is 4.32. The molecular formula is C27H31N7O2. The van der Waals surface area contributed by atoms with Gasteiger partial charge in [-0.3, -0.25) is 14.7 Å². The molecule has 9 nitrogen and oxygen atoms in total. The van der Waals surface area contributed by atoms with E-state index in [-0.39, 0.29) is 23.5 Å². The van der Waals surface area contributed by atoms with Gasteiger partial charge in [-0.2, -0.15) is 0 Å². The normalized spacial score (nSPS) is 19.2. The van der Waals surface area contributed by atoms with E-state index in [2.05, 4.69) is 39.1 Å². The van der Waals surface area contributed by atoms with E-state index >= 15 is 0 Å². The van der Waals surface area contributed by atoms with Gasteiger partial charge < -0.3 is 10.3 Å². The van der Waals surface area contributed by atoms with Crippen LogP contribution in [0.4, 0.5) is 11.5 Å². The Morgan fingerprint density at radius 1 is 1.22 bits per heavy atom. The molecule has 3 aromatic heterocycles. The fourth-order valence-corrected chi connectivity index (χ4v) is 5.12. The first-order valence-corrected chi connectivity index (χ1v) is 12.8. The fourth-order valence-electron chi connectivity index (χ4n) is 5.12. The van der Waals surface area contributed by atoms with Crippen LogP contribution in [0.15, 0.2) is 34.0 Å². The summed E-state index contributed by atoms with van der Waals surface area (Å²) in [6.07, 6.45) is 6.96. The minimum atomic E-state index is -0.168. The molecule has 5 heterocycles. The average molecular weight is 486 g/mol. The molecule has 0 spiro atoms. The van der Waals surface area contributed by atoms with Crippen molar-refractivity contribution in [2.24, 2.45) is 4.99 Å². The van der Waals surface area contributed by atoms with Crippen molar-refractivity contribution < 1.29 is 9.32 Å². The summed E-state index contributed by atoms with van der Waals surface area (Å²) in [6, 6.07) is 6.05. The van der Waals surface area contributed by atoms with Crippen LogP contribution in [0.1, 0.15) is 90.8 Å². The maximum Gasteiger partial charge on any atom is 0.182 e. The molecule has 0 aromatic carbocycles. The summed E-state index contributed by atoms with van der Waals surface area (Å²) in [6.45, 7) is 6.83. The van der Waals surface area contributed by atoms with Gasteiger partial charge in [0, 0.05) is 48.0 Å². The van der Waals surface area contributed by atoms with Crippen LogP contribution in [0.2, 0.25) is 0 Å². The second-order valence-corrected chi connectivity index (χ2v) is 10.7. The first kappa shape index (κ1) is 23.0. The van der Waals surface area contributed by atoms with Crippen LogP contribution in [-0.4, -0.2) is 49.6 Å². The van der Waals surface area contributed by atoms with E-state index in [0.29, 0.717) is 35.9 Å². The molecular weight excluding hydrogens is 454 g/mol. The first-order chi connectivity index (χ1) is 17.4. The minimum absolute atomic E-state index is 0.0698. The second-order valence-electron chi connectivity index (χ2n) is 10.7. The monoisotopic (exact) mass is 485 g/mol. The van der Waals surface area contributed by atoms with Gasteiger partial charge in [-0.1, -0.05) is 19.0 Å². The van der Waals surface area contributed by atoms with E-state index in [1.54, 1.807) is 0 Å². The Balaban J connectivity index is 1.14. The summed E-state index contributed by atoms with van der Waals surface area (Å²) in [4.78, 5) is 33.6. The molecule has 2 aliphatic heterocycles. The van der Waals surface area contributed by atoms with Crippen molar-refractivity contribution in [3.8, 4) is 0 Å². The van der Waals surface area contributed by atoms with E-state index in [9.17, 15) is 4.79 Å². The standard InChI is InChI=1S/C27H31N7O2/c1-16(11-22(35)25-17(26(28)30-15-29-25)14-34-9-3-4-10-34)23-13-21(33-36-23)20-12-19-18(31-20)5-6-24(32-19)27(2)7-8-27/h5-6,13,15-16H,3-4,7-12,14H2,1-2H3,(H2,28,29,30)/t16-/m0/s1. The van der Waals surface area contributed by atoms with Gasteiger partial charge in [-0.25, -0.2) is 15.0 Å². The number of nitrogens with two attached hydrogens (primary N) is 1. The molecule has 1 aliphatic carbocycles. The van der Waals surface area contributed by atoms with Crippen molar-refractivity contribution in [2.45, 2.75) is 70.3 Å². The Kier molecular flexibility index (Phi) is 5.67. The zero-order chi connectivity index (χ0) is 24.9. The summed E-state index contributed by atoms with van der Waals surface area (Å²) in [5.41, 5.74) is 12.1. The highest BCUT2D eigenvalue weighted by Gasteiger charge is 2.41. The third-order valence-corrected chi connectivity index (χ3v) is 7.78. The van der Waals surface area contributed by atoms with Gasteiger partial charge in [0.05, 0.1) is 17.1 Å². The van der Waals surface area contributed by atoms with Gasteiger partial charge >= 0.3 is 0 Å². The lowest BCUT2D eigenvalue weighted by atomic mass is 9.97. The fraction of sp³-hybridized carbons (Fsp3) is 0.481. The predicted molar refractivity (Wildman–Crippen MR) is 136 cm³/mol. The van der Waals surface area contributed by atoms with Crippen molar-refractivity contribution in [1.29, 1.82) is 0 Å².